The minimum absolute atomic E-state index is 0.00901. The molecule has 2 atom stereocenters. The molecule has 1 nitrogen and oxygen atoms in total. The third-order valence-electron chi connectivity index (χ3n) is 11.6. The van der Waals surface area contributed by atoms with E-state index in [0.29, 0.717) is 0 Å². The molecule has 5 aromatic rings. The standard InChI is InChI=1S/C49H50O/c1-26-19-29(4)41(30(5)20-26)37-15-13-16-38(42-31(6)21-27(2)22-32(42)7)45(37)44-35(10)25-49(12)47(36(44)11)40-18-14-17-39(46(40)48(49)50)43-33(8)23-28(3)24-34(43)9/h13-25,44H,1-12H3/t44-,49-/m1/s1. The number of aryl methyl sites for hydroxylation is 9. The Morgan fingerprint density at radius 1 is 0.480 bits per heavy atom. The molecule has 0 radical (unpaired) electrons. The number of allylic oxidation sites excluding steroid dienone is 4. The SMILES string of the molecule is CC1=C[C@@]2(C)C(=O)c3c(cccc3-c3c(C)cc(C)cc3C)C2=C(C)[C@@H]1c1c(-c2c(C)cc(C)cc2C)cccc1-c1c(C)cc(C)cc1C. The van der Waals surface area contributed by atoms with Crippen LogP contribution in [0.4, 0.5) is 0 Å². The van der Waals surface area contributed by atoms with Crippen molar-refractivity contribution >= 4 is 11.4 Å². The van der Waals surface area contributed by atoms with Crippen LogP contribution in [0, 0.1) is 67.7 Å². The van der Waals surface area contributed by atoms with Crippen molar-refractivity contribution in [1.29, 1.82) is 0 Å². The van der Waals surface area contributed by atoms with Gasteiger partial charge in [-0.25, -0.2) is 0 Å². The van der Waals surface area contributed by atoms with Crippen LogP contribution in [-0.2, 0) is 0 Å². The van der Waals surface area contributed by atoms with E-state index in [1.807, 2.05) is 0 Å². The first kappa shape index (κ1) is 33.7. The predicted octanol–water partition coefficient (Wildman–Crippen LogP) is 13.2. The lowest BCUT2D eigenvalue weighted by atomic mass is 9.66. The fourth-order valence-electron chi connectivity index (χ4n) is 10.2. The third kappa shape index (κ3) is 5.00. The maximum atomic E-state index is 14.9. The summed E-state index contributed by atoms with van der Waals surface area (Å²) < 4.78 is 0. The first-order chi connectivity index (χ1) is 23.6. The van der Waals surface area contributed by atoms with E-state index in [1.165, 1.54) is 100 Å². The molecule has 50 heavy (non-hydrogen) atoms. The second-order valence-electron chi connectivity index (χ2n) is 15.7. The van der Waals surface area contributed by atoms with E-state index < -0.39 is 5.41 Å². The molecule has 0 aromatic heterocycles. The van der Waals surface area contributed by atoms with Crippen molar-refractivity contribution in [3.8, 4) is 33.4 Å². The summed E-state index contributed by atoms with van der Waals surface area (Å²) in [5.41, 5.74) is 25.1. The minimum Gasteiger partial charge on any atom is -0.293 e. The molecule has 0 spiro atoms. The van der Waals surface area contributed by atoms with Gasteiger partial charge in [-0.3, -0.25) is 4.79 Å². The van der Waals surface area contributed by atoms with Crippen molar-refractivity contribution in [2.45, 2.75) is 89.0 Å². The van der Waals surface area contributed by atoms with Crippen LogP contribution in [0.2, 0.25) is 0 Å². The van der Waals surface area contributed by atoms with Gasteiger partial charge in [-0.15, -0.1) is 0 Å². The average molecular weight is 655 g/mol. The maximum Gasteiger partial charge on any atom is 0.178 e. The zero-order valence-electron chi connectivity index (χ0n) is 32.0. The highest BCUT2D eigenvalue weighted by Gasteiger charge is 2.50. The molecule has 0 saturated heterocycles. The Balaban J connectivity index is 1.56. The van der Waals surface area contributed by atoms with Crippen LogP contribution >= 0.6 is 0 Å². The highest BCUT2D eigenvalue weighted by molar-refractivity contribution is 6.22. The highest BCUT2D eigenvalue weighted by atomic mass is 16.1. The number of carbonyl (C=O) groups excluding carboxylic acids is 1. The molecule has 0 heterocycles. The summed E-state index contributed by atoms with van der Waals surface area (Å²) in [6.07, 6.45) is 2.31. The molecule has 2 aliphatic rings. The van der Waals surface area contributed by atoms with E-state index in [1.54, 1.807) is 0 Å². The van der Waals surface area contributed by atoms with Gasteiger partial charge in [-0.2, -0.15) is 0 Å². The Morgan fingerprint density at radius 3 is 1.26 bits per heavy atom. The van der Waals surface area contributed by atoms with Crippen LogP contribution in [0.5, 0.6) is 0 Å². The topological polar surface area (TPSA) is 17.1 Å². The van der Waals surface area contributed by atoms with Gasteiger partial charge in [0.1, 0.15) is 0 Å². The second-order valence-corrected chi connectivity index (χ2v) is 15.7. The van der Waals surface area contributed by atoms with E-state index in [0.717, 1.165) is 16.7 Å². The van der Waals surface area contributed by atoms with Gasteiger partial charge in [0, 0.05) is 11.5 Å². The van der Waals surface area contributed by atoms with Crippen molar-refractivity contribution in [3.05, 3.63) is 157 Å². The van der Waals surface area contributed by atoms with Crippen LogP contribution in [0.15, 0.2) is 90.0 Å². The fraction of sp³-hybridized carbons (Fsp3) is 0.286. The molecule has 0 bridgehead atoms. The second kappa shape index (κ2) is 11.9. The van der Waals surface area contributed by atoms with E-state index in [4.69, 9.17) is 0 Å². The number of hydrogen-bond acceptors (Lipinski definition) is 1. The largest absolute Gasteiger partial charge is 0.293 e. The van der Waals surface area contributed by atoms with Gasteiger partial charge in [0.25, 0.3) is 0 Å². The Kier molecular flexibility index (Phi) is 8.06. The molecular weight excluding hydrogens is 605 g/mol. The van der Waals surface area contributed by atoms with Gasteiger partial charge in [0.15, 0.2) is 5.78 Å². The summed E-state index contributed by atoms with van der Waals surface area (Å²) in [5, 5.41) is 0. The summed E-state index contributed by atoms with van der Waals surface area (Å²) in [6, 6.07) is 27.2. The molecule has 5 aromatic carbocycles. The predicted molar refractivity (Wildman–Crippen MR) is 213 cm³/mol. The van der Waals surface area contributed by atoms with Crippen LogP contribution in [0.3, 0.4) is 0 Å². The van der Waals surface area contributed by atoms with Crippen LogP contribution < -0.4 is 0 Å². The normalized spacial score (nSPS) is 18.4. The van der Waals surface area contributed by atoms with Crippen molar-refractivity contribution in [2.75, 3.05) is 0 Å². The Bertz CT molecular complexity index is 2210. The summed E-state index contributed by atoms with van der Waals surface area (Å²) in [4.78, 5) is 14.9. The Hall–Kier alpha value is -4.75. The molecule has 0 fully saturated rings. The summed E-state index contributed by atoms with van der Waals surface area (Å²) in [5.74, 6) is 0.216. The Labute approximate surface area is 299 Å². The molecule has 0 amide bonds. The first-order valence-electron chi connectivity index (χ1n) is 18.1. The number of ketones is 1. The van der Waals surface area contributed by atoms with Gasteiger partial charge < -0.3 is 0 Å². The molecule has 0 N–H and O–H groups in total. The summed E-state index contributed by atoms with van der Waals surface area (Å²) in [7, 11) is 0. The van der Waals surface area contributed by atoms with Gasteiger partial charge in [0.05, 0.1) is 5.41 Å². The summed E-state index contributed by atoms with van der Waals surface area (Å²) in [6.45, 7) is 26.6. The van der Waals surface area contributed by atoms with E-state index >= 15 is 0 Å². The monoisotopic (exact) mass is 654 g/mol. The quantitative estimate of drug-likeness (QED) is 0.176. The minimum atomic E-state index is -0.726. The lowest BCUT2D eigenvalue weighted by Gasteiger charge is -2.36. The highest BCUT2D eigenvalue weighted by Crippen LogP contribution is 2.59. The molecule has 0 aliphatic heterocycles. The molecular formula is C49H50O. The smallest absolute Gasteiger partial charge is 0.178 e. The number of hydrogen-bond donors (Lipinski definition) is 0. The van der Waals surface area contributed by atoms with Crippen molar-refractivity contribution in [3.63, 3.8) is 0 Å². The number of carbonyl (C=O) groups is 1. The zero-order valence-corrected chi connectivity index (χ0v) is 32.0. The van der Waals surface area contributed by atoms with Crippen LogP contribution in [0.1, 0.15) is 98.2 Å². The number of benzene rings is 5. The van der Waals surface area contributed by atoms with Crippen LogP contribution in [-0.4, -0.2) is 5.78 Å². The van der Waals surface area contributed by atoms with Gasteiger partial charge in [-0.05, 0) is 167 Å². The molecule has 7 rings (SSSR count). The van der Waals surface area contributed by atoms with Crippen LogP contribution in [0.25, 0.3) is 39.0 Å². The molecule has 252 valence electrons. The van der Waals surface area contributed by atoms with Gasteiger partial charge in [-0.1, -0.05) is 107 Å². The molecule has 0 unspecified atom stereocenters. The Morgan fingerprint density at radius 2 is 0.840 bits per heavy atom. The van der Waals surface area contributed by atoms with E-state index in [-0.39, 0.29) is 11.7 Å². The van der Waals surface area contributed by atoms with Crippen molar-refractivity contribution in [2.24, 2.45) is 5.41 Å². The third-order valence-corrected chi connectivity index (χ3v) is 11.6. The average Bonchev–Trinajstić information content (AvgIpc) is 3.23. The number of rotatable bonds is 4. The maximum absolute atomic E-state index is 14.9. The zero-order chi connectivity index (χ0) is 36.0. The number of fused-ring (bicyclic) bond motifs is 3. The lowest BCUT2D eigenvalue weighted by molar-refractivity contribution is 0.0923. The number of Topliss-reactive ketones (excluding diaryl/α,β-unsaturated/α-hetero) is 1. The lowest BCUT2D eigenvalue weighted by Crippen LogP contribution is -2.27. The first-order valence-corrected chi connectivity index (χ1v) is 18.1. The van der Waals surface area contributed by atoms with E-state index in [9.17, 15) is 4.79 Å². The molecule has 0 saturated carbocycles. The summed E-state index contributed by atoms with van der Waals surface area (Å²) >= 11 is 0. The van der Waals surface area contributed by atoms with Gasteiger partial charge >= 0.3 is 0 Å². The fourth-order valence-corrected chi connectivity index (χ4v) is 10.2. The van der Waals surface area contributed by atoms with Crippen molar-refractivity contribution < 1.29 is 4.79 Å². The molecule has 1 heteroatoms. The van der Waals surface area contributed by atoms with Gasteiger partial charge in [0.2, 0.25) is 0 Å². The van der Waals surface area contributed by atoms with E-state index in [2.05, 4.69) is 162 Å². The van der Waals surface area contributed by atoms with Crippen molar-refractivity contribution in [1.82, 2.24) is 0 Å². The molecule has 2 aliphatic carbocycles.